The molecule has 1 aliphatic carbocycles. The second-order valence-electron chi connectivity index (χ2n) is 5.02. The topological polar surface area (TPSA) is 89.5 Å². The van der Waals surface area contributed by atoms with Gasteiger partial charge in [-0.2, -0.15) is 0 Å². The number of rotatable bonds is 4. The summed E-state index contributed by atoms with van der Waals surface area (Å²) in [6.07, 6.45) is 2.31. The minimum absolute atomic E-state index is 0.0170. The van der Waals surface area contributed by atoms with Crippen LogP contribution in [0.1, 0.15) is 30.1 Å². The molecule has 2 rings (SSSR count). The standard InChI is InChI=1S/C13H17N3O3/c1-8(9-3-4-9)15(2)13(17)10-5-6-12(16(18)19)11(14)7-10/h5-9H,3-4,14H2,1-2H3. The fourth-order valence-electron chi connectivity index (χ4n) is 2.14. The minimum atomic E-state index is -0.555. The Balaban J connectivity index is 2.19. The quantitative estimate of drug-likeness (QED) is 0.511. The summed E-state index contributed by atoms with van der Waals surface area (Å²) in [5.74, 6) is 0.422. The van der Waals surface area contributed by atoms with Crippen LogP contribution in [0, 0.1) is 16.0 Å². The number of amides is 1. The molecule has 1 unspecified atom stereocenters. The van der Waals surface area contributed by atoms with E-state index in [4.69, 9.17) is 5.73 Å². The average molecular weight is 263 g/mol. The number of hydrogen-bond acceptors (Lipinski definition) is 4. The van der Waals surface area contributed by atoms with E-state index in [9.17, 15) is 14.9 Å². The van der Waals surface area contributed by atoms with Gasteiger partial charge in [-0.15, -0.1) is 0 Å². The van der Waals surface area contributed by atoms with E-state index in [0.29, 0.717) is 11.5 Å². The summed E-state index contributed by atoms with van der Waals surface area (Å²) >= 11 is 0. The van der Waals surface area contributed by atoms with Gasteiger partial charge in [0.2, 0.25) is 0 Å². The molecule has 102 valence electrons. The Morgan fingerprint density at radius 1 is 1.53 bits per heavy atom. The number of nitrogens with two attached hydrogens (primary N) is 1. The molecular weight excluding hydrogens is 246 g/mol. The molecule has 0 radical (unpaired) electrons. The molecule has 6 nitrogen and oxygen atoms in total. The largest absolute Gasteiger partial charge is 0.393 e. The van der Waals surface area contributed by atoms with Crippen molar-refractivity contribution in [1.29, 1.82) is 0 Å². The van der Waals surface area contributed by atoms with Crippen molar-refractivity contribution >= 4 is 17.3 Å². The highest BCUT2D eigenvalue weighted by atomic mass is 16.6. The average Bonchev–Trinajstić information content (AvgIpc) is 3.19. The number of anilines is 1. The lowest BCUT2D eigenvalue weighted by molar-refractivity contribution is -0.383. The van der Waals surface area contributed by atoms with E-state index in [1.807, 2.05) is 6.92 Å². The van der Waals surface area contributed by atoms with Crippen LogP contribution in [0.25, 0.3) is 0 Å². The van der Waals surface area contributed by atoms with Crippen LogP contribution in [-0.4, -0.2) is 28.8 Å². The summed E-state index contributed by atoms with van der Waals surface area (Å²) in [4.78, 5) is 24.0. The molecule has 0 heterocycles. The van der Waals surface area contributed by atoms with Crippen LogP contribution in [-0.2, 0) is 0 Å². The van der Waals surface area contributed by atoms with Gasteiger partial charge in [-0.3, -0.25) is 14.9 Å². The molecule has 0 aromatic heterocycles. The van der Waals surface area contributed by atoms with Crippen molar-refractivity contribution in [3.05, 3.63) is 33.9 Å². The van der Waals surface area contributed by atoms with E-state index in [2.05, 4.69) is 0 Å². The first-order valence-corrected chi connectivity index (χ1v) is 6.23. The van der Waals surface area contributed by atoms with Crippen LogP contribution in [0.3, 0.4) is 0 Å². The fourth-order valence-corrected chi connectivity index (χ4v) is 2.14. The molecule has 0 spiro atoms. The van der Waals surface area contributed by atoms with Crippen LogP contribution in [0.4, 0.5) is 11.4 Å². The molecule has 0 bridgehead atoms. The molecular formula is C13H17N3O3. The van der Waals surface area contributed by atoms with Gasteiger partial charge in [0.15, 0.2) is 0 Å². The van der Waals surface area contributed by atoms with Gasteiger partial charge in [0, 0.05) is 24.7 Å². The number of nitrogen functional groups attached to an aromatic ring is 1. The highest BCUT2D eigenvalue weighted by Gasteiger charge is 2.32. The monoisotopic (exact) mass is 263 g/mol. The zero-order valence-electron chi connectivity index (χ0n) is 11.0. The molecule has 19 heavy (non-hydrogen) atoms. The predicted octanol–water partition coefficient (Wildman–Crippen LogP) is 2.05. The molecule has 1 saturated carbocycles. The molecule has 2 N–H and O–H groups in total. The Labute approximate surface area is 111 Å². The first-order chi connectivity index (χ1) is 8.91. The second kappa shape index (κ2) is 4.87. The number of carbonyl (C=O) groups is 1. The molecule has 6 heteroatoms. The van der Waals surface area contributed by atoms with E-state index in [1.165, 1.54) is 18.2 Å². The maximum atomic E-state index is 12.3. The van der Waals surface area contributed by atoms with Gasteiger partial charge in [-0.1, -0.05) is 0 Å². The molecule has 0 saturated heterocycles. The minimum Gasteiger partial charge on any atom is -0.393 e. The first kappa shape index (κ1) is 13.3. The van der Waals surface area contributed by atoms with E-state index in [1.54, 1.807) is 11.9 Å². The zero-order chi connectivity index (χ0) is 14.2. The van der Waals surface area contributed by atoms with Gasteiger partial charge in [-0.05, 0) is 37.8 Å². The molecule has 0 aliphatic heterocycles. The van der Waals surface area contributed by atoms with Gasteiger partial charge < -0.3 is 10.6 Å². The van der Waals surface area contributed by atoms with Gasteiger partial charge in [-0.25, -0.2) is 0 Å². The first-order valence-electron chi connectivity index (χ1n) is 6.23. The van der Waals surface area contributed by atoms with Crippen LogP contribution < -0.4 is 5.73 Å². The number of carbonyl (C=O) groups excluding carboxylic acids is 1. The number of nitrogens with zero attached hydrogens (tertiary/aromatic N) is 2. The Bertz CT molecular complexity index is 526. The van der Waals surface area contributed by atoms with Gasteiger partial charge in [0.1, 0.15) is 5.69 Å². The lowest BCUT2D eigenvalue weighted by Gasteiger charge is -2.25. The van der Waals surface area contributed by atoms with Crippen molar-refractivity contribution in [3.63, 3.8) is 0 Å². The Morgan fingerprint density at radius 3 is 2.63 bits per heavy atom. The maximum Gasteiger partial charge on any atom is 0.292 e. The third kappa shape index (κ3) is 2.67. The van der Waals surface area contributed by atoms with Crippen molar-refractivity contribution in [1.82, 2.24) is 4.90 Å². The molecule has 1 aliphatic rings. The fraction of sp³-hybridized carbons (Fsp3) is 0.462. The summed E-state index contributed by atoms with van der Waals surface area (Å²) in [5, 5.41) is 10.7. The smallest absolute Gasteiger partial charge is 0.292 e. The number of benzene rings is 1. The lowest BCUT2D eigenvalue weighted by Crippen LogP contribution is -2.36. The van der Waals surface area contributed by atoms with Crippen LogP contribution in [0.5, 0.6) is 0 Å². The van der Waals surface area contributed by atoms with E-state index < -0.39 is 4.92 Å². The van der Waals surface area contributed by atoms with E-state index in [0.717, 1.165) is 12.8 Å². The third-order valence-electron chi connectivity index (χ3n) is 3.71. The van der Waals surface area contributed by atoms with Crippen LogP contribution in [0.2, 0.25) is 0 Å². The van der Waals surface area contributed by atoms with Gasteiger partial charge in [0.05, 0.1) is 4.92 Å². The van der Waals surface area contributed by atoms with Crippen molar-refractivity contribution in [3.8, 4) is 0 Å². The van der Waals surface area contributed by atoms with Gasteiger partial charge in [0.25, 0.3) is 11.6 Å². The summed E-state index contributed by atoms with van der Waals surface area (Å²) in [5.41, 5.74) is 5.83. The van der Waals surface area contributed by atoms with Crippen molar-refractivity contribution in [2.75, 3.05) is 12.8 Å². The number of hydrogen-bond donors (Lipinski definition) is 1. The zero-order valence-corrected chi connectivity index (χ0v) is 11.0. The highest BCUT2D eigenvalue weighted by Crippen LogP contribution is 2.35. The highest BCUT2D eigenvalue weighted by molar-refractivity contribution is 5.95. The lowest BCUT2D eigenvalue weighted by atomic mass is 10.1. The van der Waals surface area contributed by atoms with Crippen molar-refractivity contribution in [2.45, 2.75) is 25.8 Å². The summed E-state index contributed by atoms with van der Waals surface area (Å²) in [6, 6.07) is 4.28. The van der Waals surface area contributed by atoms with E-state index in [-0.39, 0.29) is 23.3 Å². The van der Waals surface area contributed by atoms with Crippen molar-refractivity contribution in [2.24, 2.45) is 5.92 Å². The number of nitro groups is 1. The maximum absolute atomic E-state index is 12.3. The summed E-state index contributed by atoms with van der Waals surface area (Å²) in [7, 11) is 1.75. The van der Waals surface area contributed by atoms with Gasteiger partial charge >= 0.3 is 0 Å². The van der Waals surface area contributed by atoms with Crippen molar-refractivity contribution < 1.29 is 9.72 Å². The normalized spacial score (nSPS) is 15.9. The summed E-state index contributed by atoms with van der Waals surface area (Å²) in [6.45, 7) is 2.02. The second-order valence-corrected chi connectivity index (χ2v) is 5.02. The SMILES string of the molecule is CC(C1CC1)N(C)C(=O)c1ccc([N+](=O)[O-])c(N)c1. The Morgan fingerprint density at radius 2 is 2.16 bits per heavy atom. The molecule has 1 aromatic carbocycles. The third-order valence-corrected chi connectivity index (χ3v) is 3.71. The Kier molecular flexibility index (Phi) is 3.42. The molecule has 1 fully saturated rings. The summed E-state index contributed by atoms with van der Waals surface area (Å²) < 4.78 is 0. The molecule has 1 atom stereocenters. The Hall–Kier alpha value is -2.11. The van der Waals surface area contributed by atoms with Crippen LogP contribution >= 0.6 is 0 Å². The molecule has 1 aromatic rings. The number of nitro benzene ring substituents is 1. The predicted molar refractivity (Wildman–Crippen MR) is 71.8 cm³/mol. The van der Waals surface area contributed by atoms with E-state index >= 15 is 0 Å². The molecule has 1 amide bonds. The van der Waals surface area contributed by atoms with Crippen LogP contribution in [0.15, 0.2) is 18.2 Å².